The lowest BCUT2D eigenvalue weighted by atomic mass is 9.96. The van der Waals surface area contributed by atoms with Crippen LogP contribution in [0.2, 0.25) is 0 Å². The van der Waals surface area contributed by atoms with Gasteiger partial charge in [0.1, 0.15) is 0 Å². The number of rotatable bonds is 1. The smallest absolute Gasteiger partial charge is 0.243 e. The number of hydrogen-bond acceptors (Lipinski definition) is 3. The van der Waals surface area contributed by atoms with Crippen LogP contribution < -0.4 is 10.2 Å². The first-order chi connectivity index (χ1) is 7.38. The van der Waals surface area contributed by atoms with E-state index in [1.165, 1.54) is 0 Å². The summed E-state index contributed by atoms with van der Waals surface area (Å²) in [6, 6.07) is 5.57. The Balaban J connectivity index is 2.46. The summed E-state index contributed by atoms with van der Waals surface area (Å²) in [5.41, 5.74) is 1.72. The number of nitrogens with zero attached hydrogens (tertiary/aromatic N) is 1. The monoisotopic (exact) mass is 220 g/mol. The maximum absolute atomic E-state index is 11.3. The molecule has 1 aromatic carbocycles. The number of amides is 1. The van der Waals surface area contributed by atoms with E-state index < -0.39 is 5.60 Å². The van der Waals surface area contributed by atoms with Crippen LogP contribution in [0.4, 0.5) is 11.4 Å². The summed E-state index contributed by atoms with van der Waals surface area (Å²) in [5.74, 6) is -0.00833. The Morgan fingerprint density at radius 3 is 2.75 bits per heavy atom. The van der Waals surface area contributed by atoms with Crippen molar-refractivity contribution in [2.75, 3.05) is 23.8 Å². The average molecular weight is 220 g/mol. The van der Waals surface area contributed by atoms with Crippen molar-refractivity contribution in [1.82, 2.24) is 0 Å². The average Bonchev–Trinajstić information content (AvgIpc) is 2.15. The molecule has 16 heavy (non-hydrogen) atoms. The third-order valence-corrected chi connectivity index (χ3v) is 2.77. The number of hydrogen-bond donors (Lipinski definition) is 2. The molecular formula is C12H16N2O2. The molecule has 0 aromatic heterocycles. The van der Waals surface area contributed by atoms with Crippen LogP contribution in [0.15, 0.2) is 18.2 Å². The molecule has 1 heterocycles. The second kappa shape index (κ2) is 3.49. The van der Waals surface area contributed by atoms with Gasteiger partial charge in [0.2, 0.25) is 5.91 Å². The van der Waals surface area contributed by atoms with Crippen molar-refractivity contribution in [2.24, 2.45) is 0 Å². The van der Waals surface area contributed by atoms with Gasteiger partial charge >= 0.3 is 0 Å². The zero-order chi connectivity index (χ0) is 11.9. The molecule has 0 aliphatic carbocycles. The van der Waals surface area contributed by atoms with Gasteiger partial charge in [-0.2, -0.15) is 0 Å². The highest BCUT2D eigenvalue weighted by molar-refractivity contribution is 6.01. The Kier molecular flexibility index (Phi) is 2.39. The Labute approximate surface area is 94.9 Å². The third-order valence-electron chi connectivity index (χ3n) is 2.77. The van der Waals surface area contributed by atoms with Gasteiger partial charge in [0.15, 0.2) is 0 Å². The van der Waals surface area contributed by atoms with E-state index in [1.807, 2.05) is 30.1 Å². The molecule has 0 radical (unpaired) electrons. The summed E-state index contributed by atoms with van der Waals surface area (Å²) in [4.78, 5) is 13.2. The van der Waals surface area contributed by atoms with Crippen LogP contribution >= 0.6 is 0 Å². The van der Waals surface area contributed by atoms with Crippen LogP contribution in [0.5, 0.6) is 0 Å². The predicted molar refractivity (Wildman–Crippen MR) is 63.6 cm³/mol. The zero-order valence-corrected chi connectivity index (χ0v) is 9.74. The van der Waals surface area contributed by atoms with Crippen LogP contribution in [-0.2, 0) is 10.4 Å². The molecule has 2 N–H and O–H groups in total. The molecule has 0 fully saturated rings. The summed E-state index contributed by atoms with van der Waals surface area (Å²) in [6.07, 6.45) is 0. The SMILES string of the molecule is CN1CC(=O)Nc2ccc(C(C)(C)O)cc21. The van der Waals surface area contributed by atoms with E-state index in [0.717, 1.165) is 16.9 Å². The molecule has 2 rings (SSSR count). The van der Waals surface area contributed by atoms with Crippen molar-refractivity contribution in [2.45, 2.75) is 19.4 Å². The van der Waals surface area contributed by atoms with Gasteiger partial charge in [-0.3, -0.25) is 4.79 Å². The Bertz CT molecular complexity index is 435. The summed E-state index contributed by atoms with van der Waals surface area (Å²) < 4.78 is 0. The lowest BCUT2D eigenvalue weighted by molar-refractivity contribution is -0.115. The molecule has 0 spiro atoms. The molecule has 0 saturated carbocycles. The molecule has 1 aliphatic heterocycles. The number of anilines is 2. The van der Waals surface area contributed by atoms with Gasteiger partial charge in [0.25, 0.3) is 0 Å². The van der Waals surface area contributed by atoms with E-state index in [1.54, 1.807) is 13.8 Å². The van der Waals surface area contributed by atoms with Crippen LogP contribution in [-0.4, -0.2) is 24.6 Å². The second-order valence-corrected chi connectivity index (χ2v) is 4.70. The van der Waals surface area contributed by atoms with Crippen molar-refractivity contribution in [1.29, 1.82) is 0 Å². The first-order valence-electron chi connectivity index (χ1n) is 5.26. The fraction of sp³-hybridized carbons (Fsp3) is 0.417. The van der Waals surface area contributed by atoms with Gasteiger partial charge in [-0.25, -0.2) is 0 Å². The highest BCUT2D eigenvalue weighted by Gasteiger charge is 2.22. The zero-order valence-electron chi connectivity index (χ0n) is 9.74. The highest BCUT2D eigenvalue weighted by atomic mass is 16.3. The topological polar surface area (TPSA) is 52.6 Å². The van der Waals surface area contributed by atoms with Crippen molar-refractivity contribution in [3.63, 3.8) is 0 Å². The van der Waals surface area contributed by atoms with E-state index in [9.17, 15) is 9.90 Å². The van der Waals surface area contributed by atoms with Crippen LogP contribution in [0.25, 0.3) is 0 Å². The summed E-state index contributed by atoms with van der Waals surface area (Å²) in [6.45, 7) is 3.84. The number of benzene rings is 1. The molecule has 4 nitrogen and oxygen atoms in total. The van der Waals surface area contributed by atoms with E-state index in [-0.39, 0.29) is 5.91 Å². The summed E-state index contributed by atoms with van der Waals surface area (Å²) in [5, 5.41) is 12.7. The van der Waals surface area contributed by atoms with Crippen molar-refractivity contribution >= 4 is 17.3 Å². The van der Waals surface area contributed by atoms with E-state index in [2.05, 4.69) is 5.32 Å². The van der Waals surface area contributed by atoms with Gasteiger partial charge in [-0.15, -0.1) is 0 Å². The molecule has 1 aromatic rings. The lowest BCUT2D eigenvalue weighted by Gasteiger charge is -2.29. The first-order valence-corrected chi connectivity index (χ1v) is 5.26. The maximum Gasteiger partial charge on any atom is 0.243 e. The summed E-state index contributed by atoms with van der Waals surface area (Å²) >= 11 is 0. The quantitative estimate of drug-likeness (QED) is 0.750. The van der Waals surface area contributed by atoms with E-state index in [4.69, 9.17) is 0 Å². The second-order valence-electron chi connectivity index (χ2n) is 4.70. The Morgan fingerprint density at radius 2 is 2.12 bits per heavy atom. The number of carbonyl (C=O) groups is 1. The van der Waals surface area contributed by atoms with Gasteiger partial charge in [0, 0.05) is 7.05 Å². The minimum absolute atomic E-state index is 0.00833. The fourth-order valence-electron chi connectivity index (χ4n) is 1.82. The number of nitrogens with one attached hydrogen (secondary N) is 1. The Hall–Kier alpha value is -1.55. The molecule has 0 atom stereocenters. The van der Waals surface area contributed by atoms with E-state index >= 15 is 0 Å². The fourth-order valence-corrected chi connectivity index (χ4v) is 1.82. The Morgan fingerprint density at radius 1 is 1.44 bits per heavy atom. The molecule has 4 heteroatoms. The van der Waals surface area contributed by atoms with Crippen LogP contribution in [0.1, 0.15) is 19.4 Å². The molecule has 0 saturated heterocycles. The van der Waals surface area contributed by atoms with Gasteiger partial charge < -0.3 is 15.3 Å². The van der Waals surface area contributed by atoms with Gasteiger partial charge in [-0.1, -0.05) is 6.07 Å². The first kappa shape index (κ1) is 11.0. The van der Waals surface area contributed by atoms with E-state index in [0.29, 0.717) is 6.54 Å². The number of aliphatic hydroxyl groups is 1. The molecule has 1 amide bonds. The van der Waals surface area contributed by atoms with Crippen molar-refractivity contribution in [3.05, 3.63) is 23.8 Å². The number of fused-ring (bicyclic) bond motifs is 1. The molecule has 1 aliphatic rings. The maximum atomic E-state index is 11.3. The summed E-state index contributed by atoms with van der Waals surface area (Å²) in [7, 11) is 1.87. The molecule has 0 unspecified atom stereocenters. The molecule has 86 valence electrons. The minimum atomic E-state index is -0.864. The number of likely N-dealkylation sites (N-methyl/N-ethyl adjacent to an activating group) is 1. The third kappa shape index (κ3) is 1.88. The molecular weight excluding hydrogens is 204 g/mol. The van der Waals surface area contributed by atoms with Gasteiger partial charge in [0.05, 0.1) is 23.5 Å². The largest absolute Gasteiger partial charge is 0.386 e. The normalized spacial score (nSPS) is 15.8. The molecule has 0 bridgehead atoms. The highest BCUT2D eigenvalue weighted by Crippen LogP contribution is 2.32. The van der Waals surface area contributed by atoms with Crippen LogP contribution in [0.3, 0.4) is 0 Å². The van der Waals surface area contributed by atoms with Crippen LogP contribution in [0, 0.1) is 0 Å². The number of carbonyl (C=O) groups excluding carboxylic acids is 1. The van der Waals surface area contributed by atoms with Crippen molar-refractivity contribution in [3.8, 4) is 0 Å². The standard InChI is InChI=1S/C12H16N2O2/c1-12(2,16)8-4-5-9-10(6-8)14(3)7-11(15)13-9/h4-6,16H,7H2,1-3H3,(H,13,15). The van der Waals surface area contributed by atoms with Gasteiger partial charge in [-0.05, 0) is 31.5 Å². The minimum Gasteiger partial charge on any atom is -0.386 e. The van der Waals surface area contributed by atoms with Crippen molar-refractivity contribution < 1.29 is 9.90 Å². The lowest BCUT2D eigenvalue weighted by Crippen LogP contribution is -2.35. The predicted octanol–water partition coefficient (Wildman–Crippen LogP) is 1.30.